The van der Waals surface area contributed by atoms with E-state index in [0.717, 1.165) is 12.1 Å². The van der Waals surface area contributed by atoms with Crippen LogP contribution in [0, 0.1) is 0 Å². The largest absolute Gasteiger partial charge is 0.416 e. The third-order valence-electron chi connectivity index (χ3n) is 3.85. The molecular weight excluding hydrogens is 391 g/mol. The molecule has 0 aliphatic carbocycles. The molecule has 12 heteroatoms. The van der Waals surface area contributed by atoms with Crippen molar-refractivity contribution in [2.75, 3.05) is 6.61 Å². The van der Waals surface area contributed by atoms with Crippen LogP contribution in [0.25, 0.3) is 0 Å². The minimum Gasteiger partial charge on any atom is -0.394 e. The van der Waals surface area contributed by atoms with Crippen molar-refractivity contribution in [1.82, 2.24) is 5.32 Å². The molecule has 0 aromatic heterocycles. The first kappa shape index (κ1) is 21.6. The van der Waals surface area contributed by atoms with E-state index >= 15 is 0 Å². The van der Waals surface area contributed by atoms with Crippen LogP contribution in [0.3, 0.4) is 0 Å². The van der Waals surface area contributed by atoms with Crippen LogP contribution < -0.4 is 5.32 Å². The molecule has 1 heterocycles. The van der Waals surface area contributed by atoms with Gasteiger partial charge in [0.05, 0.1) is 18.7 Å². The van der Waals surface area contributed by atoms with E-state index in [4.69, 9.17) is 22.1 Å². The zero-order chi connectivity index (χ0) is 20.2. The van der Waals surface area contributed by atoms with Crippen LogP contribution in [0.2, 0.25) is 0 Å². The summed E-state index contributed by atoms with van der Waals surface area (Å²) < 4.78 is 42.7. The molecule has 0 radical (unpaired) electrons. The highest BCUT2D eigenvalue weighted by Gasteiger charge is 2.43. The molecule has 0 spiro atoms. The topological polar surface area (TPSA) is 127 Å². The Morgan fingerprint density at radius 1 is 1.11 bits per heavy atom. The van der Waals surface area contributed by atoms with Gasteiger partial charge in [-0.2, -0.15) is 18.3 Å². The second-order valence-electron chi connectivity index (χ2n) is 5.79. The lowest BCUT2D eigenvalue weighted by molar-refractivity contribution is -0.232. The van der Waals surface area contributed by atoms with Crippen molar-refractivity contribution < 1.29 is 38.3 Å². The van der Waals surface area contributed by atoms with Gasteiger partial charge in [0, 0.05) is 0 Å². The predicted molar refractivity (Wildman–Crippen MR) is 89.5 cm³/mol. The second kappa shape index (κ2) is 8.99. The van der Waals surface area contributed by atoms with E-state index in [0.29, 0.717) is 5.56 Å². The van der Waals surface area contributed by atoms with Crippen molar-refractivity contribution in [1.29, 1.82) is 0 Å². The third-order valence-corrected chi connectivity index (χ3v) is 4.05. The summed E-state index contributed by atoms with van der Waals surface area (Å²) >= 11 is 4.90. The first-order valence-corrected chi connectivity index (χ1v) is 8.19. The zero-order valence-electron chi connectivity index (χ0n) is 13.7. The fraction of sp³-hybridized carbons (Fsp3) is 0.533. The predicted octanol–water partition coefficient (Wildman–Crippen LogP) is 0.332. The number of benzene rings is 1. The van der Waals surface area contributed by atoms with Crippen LogP contribution in [-0.2, 0) is 17.5 Å². The lowest BCUT2D eigenvalue weighted by Crippen LogP contribution is -2.62. The fourth-order valence-corrected chi connectivity index (χ4v) is 2.53. The standard InChI is InChI=1S/C15H18F3N3O5S/c16-15(17,18)8-3-1-7(2-4-8)5-19-21-14(27)20-13-12(25)11(24)10(23)9(6-22)26-13/h1-4,9-13,22-25H,5-6H2,(H,20,27)/t9-,10-,11+,12-,13-/m1/s1. The van der Waals surface area contributed by atoms with Crippen molar-refractivity contribution in [3.63, 3.8) is 0 Å². The van der Waals surface area contributed by atoms with Crippen LogP contribution in [0.5, 0.6) is 0 Å². The number of halogens is 3. The summed E-state index contributed by atoms with van der Waals surface area (Å²) in [4.78, 5) is 0. The Kier molecular flexibility index (Phi) is 7.19. The molecule has 1 aliphatic heterocycles. The number of alkyl halides is 3. The number of rotatable bonds is 4. The summed E-state index contributed by atoms with van der Waals surface area (Å²) in [7, 11) is 0. The maximum Gasteiger partial charge on any atom is 0.416 e. The zero-order valence-corrected chi connectivity index (χ0v) is 14.6. The summed E-state index contributed by atoms with van der Waals surface area (Å²) in [6, 6.07) is 4.37. The van der Waals surface area contributed by atoms with Gasteiger partial charge in [0.15, 0.2) is 6.23 Å². The monoisotopic (exact) mass is 409 g/mol. The first-order valence-electron chi connectivity index (χ1n) is 7.78. The highest BCUT2D eigenvalue weighted by molar-refractivity contribution is 7.80. The Hall–Kier alpha value is -1.70. The molecule has 1 aromatic carbocycles. The molecule has 1 aliphatic rings. The SMILES string of the molecule is OC[C@H]1O[C@@H](NC(=S)N=NCc2ccc(C(F)(F)F)cc2)[C@H](O)[C@@H](O)[C@@H]1O. The van der Waals surface area contributed by atoms with Crippen LogP contribution >= 0.6 is 12.2 Å². The van der Waals surface area contributed by atoms with Gasteiger partial charge >= 0.3 is 6.18 Å². The number of azo groups is 1. The number of aliphatic hydroxyl groups excluding tert-OH is 4. The van der Waals surface area contributed by atoms with Gasteiger partial charge in [0.2, 0.25) is 5.11 Å². The number of hydrogen-bond donors (Lipinski definition) is 5. The van der Waals surface area contributed by atoms with E-state index in [1.807, 2.05) is 0 Å². The number of thiocarbonyl (C=S) groups is 1. The summed E-state index contributed by atoms with van der Waals surface area (Å²) in [6.45, 7) is -0.625. The molecule has 0 unspecified atom stereocenters. The molecule has 27 heavy (non-hydrogen) atoms. The van der Waals surface area contributed by atoms with Gasteiger partial charge in [-0.25, -0.2) is 0 Å². The van der Waals surface area contributed by atoms with Crippen molar-refractivity contribution in [2.24, 2.45) is 10.2 Å². The highest BCUT2D eigenvalue weighted by atomic mass is 32.1. The summed E-state index contributed by atoms with van der Waals surface area (Å²) in [6.07, 6.45) is -11.4. The van der Waals surface area contributed by atoms with E-state index in [1.54, 1.807) is 0 Å². The Balaban J connectivity index is 1.89. The van der Waals surface area contributed by atoms with Gasteiger partial charge in [0.1, 0.15) is 24.4 Å². The van der Waals surface area contributed by atoms with Gasteiger partial charge in [0.25, 0.3) is 0 Å². The number of nitrogens with zero attached hydrogens (tertiary/aromatic N) is 2. The maximum atomic E-state index is 12.5. The van der Waals surface area contributed by atoms with Crippen LogP contribution in [-0.4, -0.2) is 62.8 Å². The third kappa shape index (κ3) is 5.64. The summed E-state index contributed by atoms with van der Waals surface area (Å²) in [5, 5.41) is 48.0. The molecule has 1 saturated heterocycles. The van der Waals surface area contributed by atoms with E-state index in [9.17, 15) is 28.5 Å². The molecule has 0 bridgehead atoms. The quantitative estimate of drug-likeness (QED) is 0.358. The van der Waals surface area contributed by atoms with E-state index < -0.39 is 49.0 Å². The van der Waals surface area contributed by atoms with Crippen molar-refractivity contribution in [3.8, 4) is 0 Å². The molecule has 150 valence electrons. The first-order chi connectivity index (χ1) is 12.6. The van der Waals surface area contributed by atoms with E-state index in [2.05, 4.69) is 15.5 Å². The lowest BCUT2D eigenvalue weighted by atomic mass is 9.98. The molecule has 1 fully saturated rings. The lowest BCUT2D eigenvalue weighted by Gasteiger charge is -2.40. The maximum absolute atomic E-state index is 12.5. The van der Waals surface area contributed by atoms with Gasteiger partial charge < -0.3 is 30.5 Å². The van der Waals surface area contributed by atoms with E-state index in [-0.39, 0.29) is 11.7 Å². The van der Waals surface area contributed by atoms with Gasteiger partial charge in [-0.3, -0.25) is 0 Å². The molecule has 1 aromatic rings. The molecule has 8 nitrogen and oxygen atoms in total. The van der Waals surface area contributed by atoms with Crippen molar-refractivity contribution in [2.45, 2.75) is 43.4 Å². The molecular formula is C15H18F3N3O5S. The van der Waals surface area contributed by atoms with Gasteiger partial charge in [-0.1, -0.05) is 12.1 Å². The van der Waals surface area contributed by atoms with Crippen LogP contribution in [0.4, 0.5) is 13.2 Å². The number of nitrogens with one attached hydrogen (secondary N) is 1. The van der Waals surface area contributed by atoms with Gasteiger partial charge in [-0.05, 0) is 29.9 Å². The average molecular weight is 409 g/mol. The van der Waals surface area contributed by atoms with Gasteiger partial charge in [-0.15, -0.1) is 5.11 Å². The van der Waals surface area contributed by atoms with Crippen LogP contribution in [0.15, 0.2) is 34.5 Å². The van der Waals surface area contributed by atoms with E-state index in [1.165, 1.54) is 12.1 Å². The normalized spacial score (nSPS) is 29.1. The smallest absolute Gasteiger partial charge is 0.394 e. The van der Waals surface area contributed by atoms with Crippen LogP contribution in [0.1, 0.15) is 11.1 Å². The van der Waals surface area contributed by atoms with Crippen molar-refractivity contribution >= 4 is 17.3 Å². The van der Waals surface area contributed by atoms with Crippen molar-refractivity contribution in [3.05, 3.63) is 35.4 Å². The Morgan fingerprint density at radius 3 is 2.30 bits per heavy atom. The number of ether oxygens (including phenoxy) is 1. The second-order valence-corrected chi connectivity index (χ2v) is 6.18. The summed E-state index contributed by atoms with van der Waals surface area (Å²) in [5.41, 5.74) is -0.301. The minimum absolute atomic E-state index is 0.0331. The molecule has 0 amide bonds. The molecule has 0 saturated carbocycles. The Bertz CT molecular complexity index is 672. The molecule has 2 rings (SSSR count). The average Bonchev–Trinajstić information content (AvgIpc) is 2.62. The Labute approximate surface area is 157 Å². The number of hydrogen-bond acceptors (Lipinski definition) is 7. The number of aliphatic hydroxyl groups is 4. The highest BCUT2D eigenvalue weighted by Crippen LogP contribution is 2.29. The summed E-state index contributed by atoms with van der Waals surface area (Å²) in [5.74, 6) is 0. The fourth-order valence-electron chi connectivity index (χ4n) is 2.35. The Morgan fingerprint density at radius 2 is 1.74 bits per heavy atom. The minimum atomic E-state index is -4.42. The molecule has 5 atom stereocenters. The molecule has 5 N–H and O–H groups in total.